The van der Waals surface area contributed by atoms with Crippen molar-refractivity contribution in [1.29, 1.82) is 0 Å². The molecule has 0 radical (unpaired) electrons. The Bertz CT molecular complexity index is 1050. The van der Waals surface area contributed by atoms with Crippen LogP contribution in [0.5, 0.6) is 11.5 Å². The average Bonchev–Trinajstić information content (AvgIpc) is 2.75. The number of aromatic amines is 1. The summed E-state index contributed by atoms with van der Waals surface area (Å²) in [5.74, 6) is 1.51. The van der Waals surface area contributed by atoms with E-state index in [-0.39, 0.29) is 11.3 Å². The van der Waals surface area contributed by atoms with E-state index in [1.807, 2.05) is 31.2 Å². The number of nitrogens with zero attached hydrogens (tertiary/aromatic N) is 2. The normalized spacial score (nSPS) is 15.1. The Morgan fingerprint density at radius 1 is 0.767 bits per heavy atom. The highest BCUT2D eigenvalue weighted by Gasteiger charge is 2.14. The molecule has 0 atom stereocenters. The lowest BCUT2D eigenvalue weighted by Crippen LogP contribution is -2.16. The van der Waals surface area contributed by atoms with Crippen molar-refractivity contribution in [2.45, 2.75) is 6.92 Å². The second-order valence-corrected chi connectivity index (χ2v) is 6.80. The largest absolute Gasteiger partial charge is 0.487 e. The highest BCUT2D eigenvalue weighted by Crippen LogP contribution is 2.31. The predicted molar refractivity (Wildman–Crippen MR) is 111 cm³/mol. The fourth-order valence-corrected chi connectivity index (χ4v) is 3.00. The van der Waals surface area contributed by atoms with Crippen molar-refractivity contribution < 1.29 is 18.9 Å². The molecule has 3 aromatic rings. The first-order chi connectivity index (χ1) is 14.7. The Kier molecular flexibility index (Phi) is 6.36. The summed E-state index contributed by atoms with van der Waals surface area (Å²) in [5, 5.41) is 8.36. The number of rotatable bonds is 2. The van der Waals surface area contributed by atoms with E-state index in [0.717, 1.165) is 11.1 Å². The number of ether oxygens (including phenoxy) is 4. The summed E-state index contributed by atoms with van der Waals surface area (Å²) in [5.41, 5.74) is 2.40. The van der Waals surface area contributed by atoms with Gasteiger partial charge in [-0.3, -0.25) is 4.79 Å². The molecule has 1 aromatic heterocycles. The van der Waals surface area contributed by atoms with Crippen LogP contribution in [0.4, 0.5) is 0 Å². The fourth-order valence-electron chi connectivity index (χ4n) is 3.00. The quantitative estimate of drug-likeness (QED) is 0.695. The molecule has 8 heteroatoms. The Morgan fingerprint density at radius 2 is 1.40 bits per heavy atom. The van der Waals surface area contributed by atoms with Crippen LogP contribution in [0.25, 0.3) is 22.6 Å². The van der Waals surface area contributed by atoms with Gasteiger partial charge < -0.3 is 23.9 Å². The van der Waals surface area contributed by atoms with Crippen LogP contribution in [0.2, 0.25) is 0 Å². The van der Waals surface area contributed by atoms with Gasteiger partial charge in [-0.1, -0.05) is 29.8 Å². The van der Waals surface area contributed by atoms with Crippen molar-refractivity contribution in [1.82, 2.24) is 15.2 Å². The van der Waals surface area contributed by atoms with E-state index in [1.54, 1.807) is 18.2 Å². The molecule has 1 N–H and O–H groups in total. The lowest BCUT2D eigenvalue weighted by molar-refractivity contribution is 0.0223. The number of H-pyrrole nitrogens is 1. The van der Waals surface area contributed by atoms with Crippen LogP contribution in [0, 0.1) is 6.92 Å². The predicted octanol–water partition coefficient (Wildman–Crippen LogP) is 2.61. The molecular formula is C22H23N3O5. The van der Waals surface area contributed by atoms with E-state index in [2.05, 4.69) is 15.2 Å². The summed E-state index contributed by atoms with van der Waals surface area (Å²) in [7, 11) is 0. The van der Waals surface area contributed by atoms with Crippen LogP contribution in [-0.4, -0.2) is 54.8 Å². The van der Waals surface area contributed by atoms with Gasteiger partial charge >= 0.3 is 0 Å². The standard InChI is InChI=1S/C22H23N3O5/c1-15-2-4-16(5-3-15)21-23-22(26)20(24-25-21)17-6-7-18-19(14-17)30-13-11-28-9-8-27-10-12-29-18/h2-7,14H,8-13H2,1H3,(H,23,25,26). The molecule has 0 saturated heterocycles. The zero-order valence-corrected chi connectivity index (χ0v) is 16.7. The summed E-state index contributed by atoms with van der Waals surface area (Å²) < 4.78 is 22.5. The SMILES string of the molecule is Cc1ccc(-c2nnc(-c3ccc4c(c3)OCCOCCOCCO4)c(=O)[nH]2)cc1. The van der Waals surface area contributed by atoms with Gasteiger partial charge in [0.2, 0.25) is 0 Å². The van der Waals surface area contributed by atoms with Crippen LogP contribution in [0.3, 0.4) is 0 Å². The summed E-state index contributed by atoms with van der Waals surface area (Å²) in [6.45, 7) is 4.66. The smallest absolute Gasteiger partial charge is 0.278 e. The van der Waals surface area contributed by atoms with Gasteiger partial charge in [-0.25, -0.2) is 0 Å². The molecule has 0 saturated carbocycles. The summed E-state index contributed by atoms with van der Waals surface area (Å²) >= 11 is 0. The van der Waals surface area contributed by atoms with Crippen molar-refractivity contribution >= 4 is 0 Å². The summed E-state index contributed by atoms with van der Waals surface area (Å²) in [6, 6.07) is 13.0. The number of benzene rings is 2. The van der Waals surface area contributed by atoms with E-state index in [0.29, 0.717) is 62.5 Å². The average molecular weight is 409 g/mol. The Labute approximate surface area is 173 Å². The zero-order valence-electron chi connectivity index (χ0n) is 16.7. The third-order valence-corrected chi connectivity index (χ3v) is 4.58. The molecule has 156 valence electrons. The highest BCUT2D eigenvalue weighted by atomic mass is 16.6. The first-order valence-corrected chi connectivity index (χ1v) is 9.80. The Hall–Kier alpha value is -3.23. The van der Waals surface area contributed by atoms with Gasteiger partial charge in [0, 0.05) is 11.1 Å². The summed E-state index contributed by atoms with van der Waals surface area (Å²) in [4.78, 5) is 15.5. The number of aryl methyl sites for hydroxylation is 1. The maximum Gasteiger partial charge on any atom is 0.278 e. The van der Waals surface area contributed by atoms with Gasteiger partial charge in [0.05, 0.1) is 26.4 Å². The molecule has 0 amide bonds. The molecule has 4 rings (SSSR count). The Morgan fingerprint density at radius 3 is 2.10 bits per heavy atom. The summed E-state index contributed by atoms with van der Waals surface area (Å²) in [6.07, 6.45) is 0. The minimum absolute atomic E-state index is 0.211. The van der Waals surface area contributed by atoms with E-state index in [1.165, 1.54) is 0 Å². The van der Waals surface area contributed by atoms with Crippen molar-refractivity contribution in [3.05, 3.63) is 58.4 Å². The van der Waals surface area contributed by atoms with E-state index >= 15 is 0 Å². The molecule has 0 aliphatic carbocycles. The van der Waals surface area contributed by atoms with Crippen molar-refractivity contribution in [3.63, 3.8) is 0 Å². The fraction of sp³-hybridized carbons (Fsp3) is 0.318. The monoisotopic (exact) mass is 409 g/mol. The zero-order chi connectivity index (χ0) is 20.8. The molecule has 2 heterocycles. The number of hydrogen-bond acceptors (Lipinski definition) is 7. The maximum atomic E-state index is 12.7. The van der Waals surface area contributed by atoms with Gasteiger partial charge in [-0.15, -0.1) is 10.2 Å². The first-order valence-electron chi connectivity index (χ1n) is 9.80. The Balaban J connectivity index is 1.61. The number of fused-ring (bicyclic) bond motifs is 1. The molecule has 2 aromatic carbocycles. The highest BCUT2D eigenvalue weighted by molar-refractivity contribution is 5.64. The second kappa shape index (κ2) is 9.51. The van der Waals surface area contributed by atoms with Gasteiger partial charge in [0.25, 0.3) is 5.56 Å². The van der Waals surface area contributed by atoms with Crippen LogP contribution in [0.1, 0.15) is 5.56 Å². The third-order valence-electron chi connectivity index (χ3n) is 4.58. The minimum Gasteiger partial charge on any atom is -0.487 e. The molecular weight excluding hydrogens is 386 g/mol. The number of nitrogens with one attached hydrogen (secondary N) is 1. The van der Waals surface area contributed by atoms with Gasteiger partial charge in [0.1, 0.15) is 13.2 Å². The number of hydrogen-bond donors (Lipinski definition) is 1. The maximum absolute atomic E-state index is 12.7. The third kappa shape index (κ3) is 4.84. The molecule has 1 aliphatic rings. The lowest BCUT2D eigenvalue weighted by atomic mass is 10.1. The molecule has 0 bridgehead atoms. The lowest BCUT2D eigenvalue weighted by Gasteiger charge is -2.15. The molecule has 8 nitrogen and oxygen atoms in total. The first kappa shape index (κ1) is 20.1. The van der Waals surface area contributed by atoms with Gasteiger partial charge in [0.15, 0.2) is 23.0 Å². The second-order valence-electron chi connectivity index (χ2n) is 6.80. The number of aromatic nitrogens is 3. The van der Waals surface area contributed by atoms with Crippen LogP contribution < -0.4 is 15.0 Å². The minimum atomic E-state index is -0.327. The van der Waals surface area contributed by atoms with Crippen molar-refractivity contribution in [2.75, 3.05) is 39.6 Å². The van der Waals surface area contributed by atoms with Gasteiger partial charge in [-0.2, -0.15) is 0 Å². The molecule has 0 unspecified atom stereocenters. The van der Waals surface area contributed by atoms with E-state index in [4.69, 9.17) is 18.9 Å². The van der Waals surface area contributed by atoms with Crippen LogP contribution in [0.15, 0.2) is 47.3 Å². The van der Waals surface area contributed by atoms with E-state index < -0.39 is 0 Å². The van der Waals surface area contributed by atoms with Crippen LogP contribution in [-0.2, 0) is 9.47 Å². The van der Waals surface area contributed by atoms with Crippen molar-refractivity contribution in [2.24, 2.45) is 0 Å². The van der Waals surface area contributed by atoms with Crippen molar-refractivity contribution in [3.8, 4) is 34.1 Å². The topological polar surface area (TPSA) is 95.6 Å². The van der Waals surface area contributed by atoms with Gasteiger partial charge in [-0.05, 0) is 25.1 Å². The molecule has 0 fully saturated rings. The molecule has 30 heavy (non-hydrogen) atoms. The van der Waals surface area contributed by atoms with Crippen LogP contribution >= 0.6 is 0 Å². The van der Waals surface area contributed by atoms with E-state index in [9.17, 15) is 4.79 Å². The molecule has 0 spiro atoms. The molecule has 1 aliphatic heterocycles.